The Balaban J connectivity index is 1.94. The second-order valence-electron chi connectivity index (χ2n) is 7.81. The number of carbonyl (C=O) groups is 1. The summed E-state index contributed by atoms with van der Waals surface area (Å²) in [6, 6.07) is 13.0. The number of hydrogen-bond donors (Lipinski definition) is 1. The third-order valence-electron chi connectivity index (χ3n) is 5.58. The average Bonchev–Trinajstić information content (AvgIpc) is 2.67. The van der Waals surface area contributed by atoms with Crippen LogP contribution in [0.4, 0.5) is 4.39 Å². The van der Waals surface area contributed by atoms with Crippen molar-refractivity contribution in [3.05, 3.63) is 77.1 Å². The highest BCUT2D eigenvalue weighted by Crippen LogP contribution is 2.48. The van der Waals surface area contributed by atoms with Crippen LogP contribution in [-0.2, 0) is 9.53 Å². The summed E-state index contributed by atoms with van der Waals surface area (Å²) in [6.45, 7) is 9.55. The topological polar surface area (TPSA) is 55.8 Å². The van der Waals surface area contributed by atoms with Crippen LogP contribution >= 0.6 is 0 Å². The second kappa shape index (κ2) is 8.78. The third-order valence-corrected chi connectivity index (χ3v) is 5.58. The van der Waals surface area contributed by atoms with Gasteiger partial charge in [0.15, 0.2) is 18.2 Å². The minimum absolute atomic E-state index is 0.0496. The Morgan fingerprint density at radius 2 is 1.97 bits per heavy atom. The van der Waals surface area contributed by atoms with Crippen LogP contribution < -0.4 is 4.74 Å². The van der Waals surface area contributed by atoms with E-state index in [9.17, 15) is 9.18 Å². The zero-order chi connectivity index (χ0) is 21.1. The van der Waals surface area contributed by atoms with Gasteiger partial charge in [0.25, 0.3) is 0 Å². The Labute approximate surface area is 171 Å². The van der Waals surface area contributed by atoms with Crippen LogP contribution in [0.2, 0.25) is 0 Å². The highest BCUT2D eigenvalue weighted by atomic mass is 19.1. The number of hydrogen-bond acceptors (Lipinski definition) is 3. The van der Waals surface area contributed by atoms with Gasteiger partial charge >= 0.3 is 5.97 Å². The van der Waals surface area contributed by atoms with E-state index in [4.69, 9.17) is 14.6 Å². The lowest BCUT2D eigenvalue weighted by Gasteiger charge is -2.41. The number of benzene rings is 2. The van der Waals surface area contributed by atoms with Crippen molar-refractivity contribution < 1.29 is 23.8 Å². The zero-order valence-corrected chi connectivity index (χ0v) is 17.0. The number of aliphatic carboxylic acids is 1. The molecule has 1 saturated heterocycles. The van der Waals surface area contributed by atoms with Crippen molar-refractivity contribution in [1.82, 2.24) is 0 Å². The van der Waals surface area contributed by atoms with Crippen molar-refractivity contribution in [2.45, 2.75) is 45.3 Å². The maximum Gasteiger partial charge on any atom is 0.341 e. The number of halogens is 1. The molecule has 0 aromatic heterocycles. The molecule has 1 aliphatic heterocycles. The minimum atomic E-state index is -1.16. The van der Waals surface area contributed by atoms with E-state index in [1.165, 1.54) is 17.2 Å². The highest BCUT2D eigenvalue weighted by Gasteiger charge is 2.39. The van der Waals surface area contributed by atoms with Gasteiger partial charge in [0.05, 0.1) is 12.2 Å². The van der Waals surface area contributed by atoms with Crippen molar-refractivity contribution in [3.8, 4) is 5.75 Å². The summed E-state index contributed by atoms with van der Waals surface area (Å²) in [5.74, 6) is -1.68. The molecule has 154 valence electrons. The molecule has 5 heteroatoms. The molecule has 4 nitrogen and oxygen atoms in total. The Bertz CT molecular complexity index is 890. The van der Waals surface area contributed by atoms with Gasteiger partial charge in [0.2, 0.25) is 0 Å². The van der Waals surface area contributed by atoms with Gasteiger partial charge in [0, 0.05) is 17.4 Å². The van der Waals surface area contributed by atoms with Crippen molar-refractivity contribution in [1.29, 1.82) is 0 Å². The fourth-order valence-electron chi connectivity index (χ4n) is 4.02. The zero-order valence-electron chi connectivity index (χ0n) is 17.0. The molecule has 29 heavy (non-hydrogen) atoms. The molecule has 0 amide bonds. The van der Waals surface area contributed by atoms with Crippen molar-refractivity contribution in [3.63, 3.8) is 0 Å². The summed E-state index contributed by atoms with van der Waals surface area (Å²) in [7, 11) is 0. The number of carboxylic acid groups (broad SMARTS) is 1. The minimum Gasteiger partial charge on any atom is -0.479 e. The van der Waals surface area contributed by atoms with E-state index < -0.39 is 24.5 Å². The van der Waals surface area contributed by atoms with E-state index in [0.717, 1.165) is 12.0 Å². The summed E-state index contributed by atoms with van der Waals surface area (Å²) in [6.07, 6.45) is 0.247. The average molecular weight is 398 g/mol. The monoisotopic (exact) mass is 398 g/mol. The molecule has 2 aromatic rings. The van der Waals surface area contributed by atoms with Crippen LogP contribution in [0.3, 0.4) is 0 Å². The summed E-state index contributed by atoms with van der Waals surface area (Å²) in [4.78, 5) is 10.9. The number of rotatable bonds is 6. The summed E-state index contributed by atoms with van der Waals surface area (Å²) < 4.78 is 26.1. The summed E-state index contributed by atoms with van der Waals surface area (Å²) in [5, 5.41) is 8.94. The standard InChI is InChI=1S/C24H27FO4/c1-14(2)19-12-20(17-10-8-15(3)9-11-17)16(4)29-23(19)18-6-5-7-21(25)24(18)28-13-22(26)27/h5-11,16,19-20,23H,1,12-13H2,2-4H3,(H,26,27)/t16-,19+,20-,23+/m0/s1. The fraction of sp³-hybridized carbons (Fsp3) is 0.375. The molecule has 3 rings (SSSR count). The van der Waals surface area contributed by atoms with E-state index in [1.807, 2.05) is 13.8 Å². The number of carboxylic acids is 1. The van der Waals surface area contributed by atoms with Crippen LogP contribution in [0, 0.1) is 18.7 Å². The molecule has 1 N–H and O–H groups in total. The number of aryl methyl sites for hydroxylation is 1. The largest absolute Gasteiger partial charge is 0.479 e. The quantitative estimate of drug-likeness (QED) is 0.660. The molecule has 1 fully saturated rings. The molecule has 0 saturated carbocycles. The van der Waals surface area contributed by atoms with Crippen molar-refractivity contribution in [2.24, 2.45) is 5.92 Å². The van der Waals surface area contributed by atoms with Gasteiger partial charge in [-0.05, 0) is 38.8 Å². The molecule has 1 heterocycles. The van der Waals surface area contributed by atoms with Gasteiger partial charge < -0.3 is 14.6 Å². The summed E-state index contributed by atoms with van der Waals surface area (Å²) in [5.41, 5.74) is 3.86. The Kier molecular flexibility index (Phi) is 6.38. The number of para-hydroxylation sites is 1. The first-order valence-corrected chi connectivity index (χ1v) is 9.78. The molecule has 0 radical (unpaired) electrons. The second-order valence-corrected chi connectivity index (χ2v) is 7.81. The van der Waals surface area contributed by atoms with E-state index in [1.54, 1.807) is 12.1 Å². The predicted molar refractivity (Wildman–Crippen MR) is 110 cm³/mol. The van der Waals surface area contributed by atoms with Gasteiger partial charge in [-0.15, -0.1) is 0 Å². The van der Waals surface area contributed by atoms with Gasteiger partial charge in [-0.1, -0.05) is 54.1 Å². The first-order chi connectivity index (χ1) is 13.8. The molecule has 4 atom stereocenters. The SMILES string of the molecule is C=C(C)[C@H]1C[C@H](c2ccc(C)cc2)[C@H](C)O[C@@H]1c1cccc(F)c1OCC(=O)O. The molecule has 0 unspecified atom stereocenters. The highest BCUT2D eigenvalue weighted by molar-refractivity contribution is 5.68. The fourth-order valence-corrected chi connectivity index (χ4v) is 4.02. The van der Waals surface area contributed by atoms with Crippen LogP contribution in [-0.4, -0.2) is 23.8 Å². The van der Waals surface area contributed by atoms with Gasteiger partial charge in [-0.2, -0.15) is 0 Å². The lowest BCUT2D eigenvalue weighted by molar-refractivity contribution is -0.139. The molecule has 0 bridgehead atoms. The maximum absolute atomic E-state index is 14.5. The maximum atomic E-state index is 14.5. The lowest BCUT2D eigenvalue weighted by atomic mass is 9.76. The Morgan fingerprint density at radius 1 is 1.28 bits per heavy atom. The first-order valence-electron chi connectivity index (χ1n) is 9.78. The van der Waals surface area contributed by atoms with Crippen LogP contribution in [0.25, 0.3) is 0 Å². The van der Waals surface area contributed by atoms with Crippen molar-refractivity contribution >= 4 is 5.97 Å². The van der Waals surface area contributed by atoms with Gasteiger partial charge in [-0.3, -0.25) is 0 Å². The van der Waals surface area contributed by atoms with E-state index in [-0.39, 0.29) is 23.7 Å². The Morgan fingerprint density at radius 3 is 2.59 bits per heavy atom. The molecule has 0 spiro atoms. The summed E-state index contributed by atoms with van der Waals surface area (Å²) >= 11 is 0. The van der Waals surface area contributed by atoms with Crippen molar-refractivity contribution in [2.75, 3.05) is 6.61 Å². The van der Waals surface area contributed by atoms with Crippen LogP contribution in [0.1, 0.15) is 49.0 Å². The smallest absolute Gasteiger partial charge is 0.341 e. The van der Waals surface area contributed by atoms with Crippen LogP contribution in [0.15, 0.2) is 54.6 Å². The number of ether oxygens (including phenoxy) is 2. The van der Waals surface area contributed by atoms with Crippen LogP contribution in [0.5, 0.6) is 5.75 Å². The normalized spacial score (nSPS) is 24.1. The van der Waals surface area contributed by atoms with Gasteiger partial charge in [-0.25, -0.2) is 9.18 Å². The van der Waals surface area contributed by atoms with Gasteiger partial charge in [0.1, 0.15) is 0 Å². The molecular formula is C24H27FO4. The third kappa shape index (κ3) is 4.67. The van der Waals surface area contributed by atoms with E-state index in [0.29, 0.717) is 5.56 Å². The van der Waals surface area contributed by atoms with E-state index >= 15 is 0 Å². The molecular weight excluding hydrogens is 371 g/mol. The predicted octanol–water partition coefficient (Wildman–Crippen LogP) is 5.42. The molecule has 2 aromatic carbocycles. The molecule has 0 aliphatic carbocycles. The molecule has 1 aliphatic rings. The first kappa shape index (κ1) is 21.1. The Hall–Kier alpha value is -2.66. The lowest BCUT2D eigenvalue weighted by Crippen LogP contribution is -2.34. The van der Waals surface area contributed by atoms with E-state index in [2.05, 4.69) is 37.8 Å².